The Balaban J connectivity index is 3.12. The van der Waals surface area contributed by atoms with Gasteiger partial charge in [0, 0.05) is 5.69 Å². The van der Waals surface area contributed by atoms with Gasteiger partial charge in [0.05, 0.1) is 0 Å². The van der Waals surface area contributed by atoms with Crippen LogP contribution in [0.5, 0.6) is 0 Å². The van der Waals surface area contributed by atoms with Crippen LogP contribution in [0.4, 0.5) is 0 Å². The fourth-order valence-electron chi connectivity index (χ4n) is 0.870. The average Bonchev–Trinajstić information content (AvgIpc) is 2.30. The Morgan fingerprint density at radius 3 is 2.70 bits per heavy atom. The first-order valence-electron chi connectivity index (χ1n) is 3.15. The highest BCUT2D eigenvalue weighted by Gasteiger charge is 2.00. The minimum Gasteiger partial charge on any atom is -0.338 e. The van der Waals surface area contributed by atoms with Crippen LogP contribution in [0, 0.1) is 11.3 Å². The lowest BCUT2D eigenvalue weighted by Crippen LogP contribution is -2.13. The number of aryl methyl sites for hydroxylation is 1. The molecule has 1 aromatic heterocycles. The predicted octanol–water partition coefficient (Wildman–Crippen LogP) is 0.636. The molecule has 0 aromatic carbocycles. The summed E-state index contributed by atoms with van der Waals surface area (Å²) < 4.78 is 1.42. The number of nitriles is 1. The molecule has 3 heteroatoms. The monoisotopic (exact) mass is 135 g/mol. The summed E-state index contributed by atoms with van der Waals surface area (Å²) in [6.07, 6.45) is 0.859. The summed E-state index contributed by atoms with van der Waals surface area (Å²) in [4.78, 5) is 0. The number of nitrogen functional groups attached to an aromatic ring is 1. The lowest BCUT2D eigenvalue weighted by molar-refractivity contribution is 0.885. The topological polar surface area (TPSA) is 54.7 Å². The first-order chi connectivity index (χ1) is 4.79. The molecule has 10 heavy (non-hydrogen) atoms. The summed E-state index contributed by atoms with van der Waals surface area (Å²) in [5.41, 5.74) is 1.49. The van der Waals surface area contributed by atoms with Crippen molar-refractivity contribution >= 4 is 0 Å². The summed E-state index contributed by atoms with van der Waals surface area (Å²) in [5.74, 6) is 5.52. The zero-order valence-electron chi connectivity index (χ0n) is 5.83. The molecule has 3 nitrogen and oxygen atoms in total. The van der Waals surface area contributed by atoms with Crippen molar-refractivity contribution in [1.29, 1.82) is 5.26 Å². The zero-order chi connectivity index (χ0) is 7.56. The molecule has 0 unspecified atom stereocenters. The van der Waals surface area contributed by atoms with Crippen LogP contribution in [-0.2, 0) is 6.42 Å². The van der Waals surface area contributed by atoms with E-state index in [0.717, 1.165) is 12.1 Å². The summed E-state index contributed by atoms with van der Waals surface area (Å²) >= 11 is 0. The van der Waals surface area contributed by atoms with E-state index in [4.69, 9.17) is 11.1 Å². The van der Waals surface area contributed by atoms with Crippen molar-refractivity contribution in [3.63, 3.8) is 0 Å². The van der Waals surface area contributed by atoms with Crippen LogP contribution >= 0.6 is 0 Å². The van der Waals surface area contributed by atoms with E-state index in [0.29, 0.717) is 5.69 Å². The Morgan fingerprint density at radius 1 is 1.70 bits per heavy atom. The smallest absolute Gasteiger partial charge is 0.139 e. The van der Waals surface area contributed by atoms with Crippen LogP contribution in [0.3, 0.4) is 0 Å². The van der Waals surface area contributed by atoms with Gasteiger partial charge in [-0.05, 0) is 18.6 Å². The van der Waals surface area contributed by atoms with Gasteiger partial charge in [0.1, 0.15) is 11.8 Å². The number of rotatable bonds is 1. The highest BCUT2D eigenvalue weighted by molar-refractivity contribution is 5.26. The van der Waals surface area contributed by atoms with E-state index in [1.165, 1.54) is 4.68 Å². The molecule has 0 saturated carbocycles. The second kappa shape index (κ2) is 2.44. The molecule has 0 atom stereocenters. The van der Waals surface area contributed by atoms with Crippen LogP contribution < -0.4 is 5.84 Å². The average molecular weight is 135 g/mol. The first-order valence-corrected chi connectivity index (χ1v) is 3.15. The van der Waals surface area contributed by atoms with Crippen LogP contribution in [0.15, 0.2) is 12.1 Å². The van der Waals surface area contributed by atoms with Gasteiger partial charge >= 0.3 is 0 Å². The molecule has 1 aromatic rings. The molecule has 0 radical (unpaired) electrons. The molecule has 0 bridgehead atoms. The molecule has 0 spiro atoms. The van der Waals surface area contributed by atoms with Crippen molar-refractivity contribution in [2.24, 2.45) is 0 Å². The van der Waals surface area contributed by atoms with Crippen molar-refractivity contribution in [1.82, 2.24) is 4.68 Å². The fourth-order valence-corrected chi connectivity index (χ4v) is 0.870. The molecule has 0 saturated heterocycles. The Labute approximate surface area is 59.6 Å². The Bertz CT molecular complexity index is 267. The molecule has 1 heterocycles. The van der Waals surface area contributed by atoms with Crippen molar-refractivity contribution in [2.45, 2.75) is 13.3 Å². The third-order valence-corrected chi connectivity index (χ3v) is 1.48. The third kappa shape index (κ3) is 0.841. The van der Waals surface area contributed by atoms with E-state index in [9.17, 15) is 0 Å². The molecular weight excluding hydrogens is 126 g/mol. The summed E-state index contributed by atoms with van der Waals surface area (Å²) in [7, 11) is 0. The molecule has 52 valence electrons. The van der Waals surface area contributed by atoms with Crippen LogP contribution in [0.2, 0.25) is 0 Å². The lowest BCUT2D eigenvalue weighted by atomic mass is 10.3. The predicted molar refractivity (Wildman–Crippen MR) is 38.7 cm³/mol. The van der Waals surface area contributed by atoms with E-state index in [2.05, 4.69) is 0 Å². The lowest BCUT2D eigenvalue weighted by Gasteiger charge is -1.98. The van der Waals surface area contributed by atoms with Gasteiger partial charge in [-0.15, -0.1) is 0 Å². The van der Waals surface area contributed by atoms with Crippen LogP contribution in [-0.4, -0.2) is 4.68 Å². The third-order valence-electron chi connectivity index (χ3n) is 1.48. The van der Waals surface area contributed by atoms with Crippen LogP contribution in [0.1, 0.15) is 18.3 Å². The Morgan fingerprint density at radius 2 is 2.40 bits per heavy atom. The molecular formula is C7H9N3. The van der Waals surface area contributed by atoms with Crippen molar-refractivity contribution in [3.05, 3.63) is 23.5 Å². The number of nitrogens with zero attached hydrogens (tertiary/aromatic N) is 2. The molecule has 0 fully saturated rings. The van der Waals surface area contributed by atoms with Crippen LogP contribution in [0.25, 0.3) is 0 Å². The maximum atomic E-state index is 8.48. The van der Waals surface area contributed by atoms with E-state index < -0.39 is 0 Å². The maximum Gasteiger partial charge on any atom is 0.139 e. The highest BCUT2D eigenvalue weighted by Crippen LogP contribution is 2.03. The number of hydrogen-bond donors (Lipinski definition) is 1. The second-order valence-corrected chi connectivity index (χ2v) is 2.05. The van der Waals surface area contributed by atoms with Crippen molar-refractivity contribution < 1.29 is 0 Å². The van der Waals surface area contributed by atoms with E-state index in [-0.39, 0.29) is 0 Å². The first kappa shape index (κ1) is 6.69. The van der Waals surface area contributed by atoms with Gasteiger partial charge in [0.2, 0.25) is 0 Å². The number of nitrogens with two attached hydrogens (primary N) is 1. The molecule has 0 aliphatic rings. The number of aromatic nitrogens is 1. The molecule has 1 rings (SSSR count). The molecule has 0 aliphatic carbocycles. The summed E-state index contributed by atoms with van der Waals surface area (Å²) in [5, 5.41) is 8.48. The zero-order valence-corrected chi connectivity index (χ0v) is 5.83. The fraction of sp³-hybridized carbons (Fsp3) is 0.286. The van der Waals surface area contributed by atoms with Gasteiger partial charge in [-0.25, -0.2) is 0 Å². The normalized spacial score (nSPS) is 9.20. The largest absolute Gasteiger partial charge is 0.338 e. The SMILES string of the molecule is CCc1ccc(C#N)n1N. The van der Waals surface area contributed by atoms with Gasteiger partial charge in [-0.3, -0.25) is 4.68 Å². The molecule has 0 aliphatic heterocycles. The van der Waals surface area contributed by atoms with Gasteiger partial charge < -0.3 is 5.84 Å². The minimum absolute atomic E-state index is 0.511. The quantitative estimate of drug-likeness (QED) is 0.574. The van der Waals surface area contributed by atoms with Crippen molar-refractivity contribution in [2.75, 3.05) is 5.84 Å². The van der Waals surface area contributed by atoms with Gasteiger partial charge in [-0.2, -0.15) is 5.26 Å². The molecule has 2 N–H and O–H groups in total. The van der Waals surface area contributed by atoms with E-state index >= 15 is 0 Å². The molecule has 0 amide bonds. The Kier molecular flexibility index (Phi) is 1.63. The summed E-state index contributed by atoms with van der Waals surface area (Å²) in [6.45, 7) is 2.00. The summed E-state index contributed by atoms with van der Waals surface area (Å²) in [6, 6.07) is 5.57. The van der Waals surface area contributed by atoms with Gasteiger partial charge in [0.25, 0.3) is 0 Å². The Hall–Kier alpha value is -1.43. The number of hydrogen-bond acceptors (Lipinski definition) is 2. The second-order valence-electron chi connectivity index (χ2n) is 2.05. The highest BCUT2D eigenvalue weighted by atomic mass is 15.3. The van der Waals surface area contributed by atoms with E-state index in [1.54, 1.807) is 6.07 Å². The maximum absolute atomic E-state index is 8.48. The van der Waals surface area contributed by atoms with Gasteiger partial charge in [-0.1, -0.05) is 6.92 Å². The minimum atomic E-state index is 0.511. The van der Waals surface area contributed by atoms with E-state index in [1.807, 2.05) is 19.1 Å². The van der Waals surface area contributed by atoms with Gasteiger partial charge in [0.15, 0.2) is 0 Å². The van der Waals surface area contributed by atoms with Crippen molar-refractivity contribution in [3.8, 4) is 6.07 Å². The standard InChI is InChI=1S/C7H9N3/c1-2-6-3-4-7(5-8)10(6)9/h3-4H,2,9H2,1H3.